The summed E-state index contributed by atoms with van der Waals surface area (Å²) in [7, 11) is 0. The molecule has 2 aromatic rings. The van der Waals surface area contributed by atoms with Gasteiger partial charge in [0.25, 0.3) is 5.56 Å². The van der Waals surface area contributed by atoms with Gasteiger partial charge in [0.1, 0.15) is 0 Å². The lowest BCUT2D eigenvalue weighted by Gasteiger charge is -2.32. The summed E-state index contributed by atoms with van der Waals surface area (Å²) < 4.78 is 3.23. The molecule has 0 amide bonds. The van der Waals surface area contributed by atoms with E-state index in [1.807, 2.05) is 6.92 Å². The van der Waals surface area contributed by atoms with Crippen LogP contribution in [0.3, 0.4) is 0 Å². The standard InChI is InChI=1S/C17H23N5O2/c1-14-3-4-16(23)22(19-14)13-15-5-9-20(10-6-15)11-12-21-8-2-7-18-17(21)24/h2-4,7-8,15H,5-6,9-13H2,1H3. The van der Waals surface area contributed by atoms with Gasteiger partial charge >= 0.3 is 5.69 Å². The molecule has 7 nitrogen and oxygen atoms in total. The summed E-state index contributed by atoms with van der Waals surface area (Å²) >= 11 is 0. The molecule has 0 aliphatic carbocycles. The molecule has 0 radical (unpaired) electrons. The van der Waals surface area contributed by atoms with Crippen molar-refractivity contribution in [3.8, 4) is 0 Å². The maximum absolute atomic E-state index is 11.9. The monoisotopic (exact) mass is 329 g/mol. The minimum absolute atomic E-state index is 0.0287. The van der Waals surface area contributed by atoms with Gasteiger partial charge in [-0.05, 0) is 50.9 Å². The summed E-state index contributed by atoms with van der Waals surface area (Å²) in [5, 5.41) is 4.32. The summed E-state index contributed by atoms with van der Waals surface area (Å²) in [5.41, 5.74) is 0.644. The van der Waals surface area contributed by atoms with E-state index in [0.29, 0.717) is 19.0 Å². The van der Waals surface area contributed by atoms with Gasteiger partial charge in [0.2, 0.25) is 0 Å². The van der Waals surface area contributed by atoms with Crippen LogP contribution in [0, 0.1) is 12.8 Å². The van der Waals surface area contributed by atoms with Crippen molar-refractivity contribution in [2.45, 2.75) is 32.9 Å². The predicted molar refractivity (Wildman–Crippen MR) is 90.9 cm³/mol. The Morgan fingerprint density at radius 2 is 1.96 bits per heavy atom. The third-order valence-electron chi connectivity index (χ3n) is 4.58. The average molecular weight is 329 g/mol. The van der Waals surface area contributed by atoms with Crippen LogP contribution in [-0.2, 0) is 13.1 Å². The fraction of sp³-hybridized carbons (Fsp3) is 0.529. The highest BCUT2D eigenvalue weighted by Gasteiger charge is 2.20. The molecule has 0 N–H and O–H groups in total. The van der Waals surface area contributed by atoms with Gasteiger partial charge in [-0.3, -0.25) is 9.36 Å². The minimum Gasteiger partial charge on any atom is -0.302 e. The van der Waals surface area contributed by atoms with Crippen molar-refractivity contribution in [1.82, 2.24) is 24.2 Å². The summed E-state index contributed by atoms with van der Waals surface area (Å²) in [5.74, 6) is 0.481. The van der Waals surface area contributed by atoms with Crippen molar-refractivity contribution in [3.63, 3.8) is 0 Å². The molecule has 0 aromatic carbocycles. The molecule has 3 heterocycles. The van der Waals surface area contributed by atoms with Gasteiger partial charge in [0.15, 0.2) is 0 Å². The zero-order valence-electron chi connectivity index (χ0n) is 14.0. The Kier molecular flexibility index (Phi) is 5.20. The second kappa shape index (κ2) is 7.53. The largest absolute Gasteiger partial charge is 0.347 e. The van der Waals surface area contributed by atoms with Crippen LogP contribution >= 0.6 is 0 Å². The van der Waals surface area contributed by atoms with E-state index < -0.39 is 0 Å². The number of likely N-dealkylation sites (tertiary alicyclic amines) is 1. The van der Waals surface area contributed by atoms with Crippen LogP contribution in [0.25, 0.3) is 0 Å². The van der Waals surface area contributed by atoms with Gasteiger partial charge in [0.05, 0.1) is 5.69 Å². The molecule has 0 unspecified atom stereocenters. The second-order valence-electron chi connectivity index (χ2n) is 6.38. The first kappa shape index (κ1) is 16.6. The zero-order chi connectivity index (χ0) is 16.9. The fourth-order valence-corrected chi connectivity index (χ4v) is 3.13. The normalized spacial score (nSPS) is 16.4. The molecule has 24 heavy (non-hydrogen) atoms. The Morgan fingerprint density at radius 1 is 1.17 bits per heavy atom. The Balaban J connectivity index is 1.49. The van der Waals surface area contributed by atoms with E-state index in [-0.39, 0.29) is 11.2 Å². The van der Waals surface area contributed by atoms with Crippen LogP contribution in [0.15, 0.2) is 40.2 Å². The minimum atomic E-state index is -0.197. The van der Waals surface area contributed by atoms with Crippen LogP contribution in [0.5, 0.6) is 0 Å². The second-order valence-corrected chi connectivity index (χ2v) is 6.38. The van der Waals surface area contributed by atoms with Gasteiger partial charge in [0, 0.05) is 38.1 Å². The van der Waals surface area contributed by atoms with Gasteiger partial charge in [-0.15, -0.1) is 0 Å². The van der Waals surface area contributed by atoms with Crippen molar-refractivity contribution in [3.05, 3.63) is 57.1 Å². The smallest absolute Gasteiger partial charge is 0.302 e. The maximum atomic E-state index is 11.9. The molecule has 2 aromatic heterocycles. The van der Waals surface area contributed by atoms with Gasteiger partial charge in [-0.25, -0.2) is 14.5 Å². The number of aromatic nitrogens is 4. The predicted octanol–water partition coefficient (Wildman–Crippen LogP) is 0.521. The van der Waals surface area contributed by atoms with E-state index in [2.05, 4.69) is 15.0 Å². The number of hydrogen-bond acceptors (Lipinski definition) is 5. The first-order valence-electron chi connectivity index (χ1n) is 8.40. The summed E-state index contributed by atoms with van der Waals surface area (Å²) in [4.78, 5) is 29.6. The molecule has 0 atom stereocenters. The molecule has 128 valence electrons. The zero-order valence-corrected chi connectivity index (χ0v) is 14.0. The van der Waals surface area contributed by atoms with Crippen LogP contribution in [0.4, 0.5) is 0 Å². The van der Waals surface area contributed by atoms with Crippen molar-refractivity contribution in [2.24, 2.45) is 5.92 Å². The lowest BCUT2D eigenvalue weighted by atomic mass is 9.97. The Hall–Kier alpha value is -2.28. The fourth-order valence-electron chi connectivity index (χ4n) is 3.13. The van der Waals surface area contributed by atoms with Gasteiger partial charge < -0.3 is 4.90 Å². The summed E-state index contributed by atoms with van der Waals surface area (Å²) in [6.07, 6.45) is 5.39. The highest BCUT2D eigenvalue weighted by Crippen LogP contribution is 2.18. The third-order valence-corrected chi connectivity index (χ3v) is 4.58. The van der Waals surface area contributed by atoms with E-state index in [9.17, 15) is 9.59 Å². The van der Waals surface area contributed by atoms with E-state index in [4.69, 9.17) is 0 Å². The van der Waals surface area contributed by atoms with Crippen molar-refractivity contribution < 1.29 is 0 Å². The van der Waals surface area contributed by atoms with Gasteiger partial charge in [-0.1, -0.05) is 0 Å². The van der Waals surface area contributed by atoms with E-state index >= 15 is 0 Å². The van der Waals surface area contributed by atoms with Crippen molar-refractivity contribution >= 4 is 0 Å². The summed E-state index contributed by atoms with van der Waals surface area (Å²) in [6.45, 7) is 6.08. The molecule has 0 saturated carbocycles. The molecule has 0 bridgehead atoms. The van der Waals surface area contributed by atoms with Crippen LogP contribution in [-0.4, -0.2) is 43.9 Å². The van der Waals surface area contributed by atoms with E-state index in [1.165, 1.54) is 6.20 Å². The highest BCUT2D eigenvalue weighted by molar-refractivity contribution is 4.97. The van der Waals surface area contributed by atoms with Crippen molar-refractivity contribution in [1.29, 1.82) is 0 Å². The topological polar surface area (TPSA) is 73.0 Å². The van der Waals surface area contributed by atoms with Crippen LogP contribution < -0.4 is 11.2 Å². The third kappa shape index (κ3) is 4.17. The molecular formula is C17H23N5O2. The number of aryl methyl sites for hydroxylation is 1. The molecule has 1 saturated heterocycles. The molecule has 7 heteroatoms. The lowest BCUT2D eigenvalue weighted by molar-refractivity contribution is 0.164. The maximum Gasteiger partial charge on any atom is 0.347 e. The summed E-state index contributed by atoms with van der Waals surface area (Å²) in [6, 6.07) is 5.12. The molecule has 0 spiro atoms. The Bertz CT molecular complexity index is 790. The average Bonchev–Trinajstić information content (AvgIpc) is 2.59. The lowest BCUT2D eigenvalue weighted by Crippen LogP contribution is -2.39. The number of rotatable bonds is 5. The van der Waals surface area contributed by atoms with Gasteiger partial charge in [-0.2, -0.15) is 5.10 Å². The SMILES string of the molecule is Cc1ccc(=O)n(CC2CCN(CCn3cccnc3=O)CC2)n1. The first-order valence-corrected chi connectivity index (χ1v) is 8.40. The molecule has 1 aliphatic rings. The molecular weight excluding hydrogens is 306 g/mol. The van der Waals surface area contributed by atoms with Crippen LogP contribution in [0.1, 0.15) is 18.5 Å². The van der Waals surface area contributed by atoms with Crippen LogP contribution in [0.2, 0.25) is 0 Å². The van der Waals surface area contributed by atoms with Crippen molar-refractivity contribution in [2.75, 3.05) is 19.6 Å². The molecule has 1 aliphatic heterocycles. The Morgan fingerprint density at radius 3 is 2.71 bits per heavy atom. The quantitative estimate of drug-likeness (QED) is 0.800. The molecule has 3 rings (SSSR count). The number of hydrogen-bond donors (Lipinski definition) is 0. The van der Waals surface area contributed by atoms with E-state index in [0.717, 1.165) is 38.2 Å². The highest BCUT2D eigenvalue weighted by atomic mass is 16.1. The van der Waals surface area contributed by atoms with E-state index in [1.54, 1.807) is 33.6 Å². The first-order chi connectivity index (χ1) is 11.6. The Labute approximate surface area is 140 Å². The molecule has 1 fully saturated rings. The number of piperidine rings is 1. The number of nitrogens with zero attached hydrogens (tertiary/aromatic N) is 5.